The van der Waals surface area contributed by atoms with E-state index < -0.39 is 10.2 Å². The van der Waals surface area contributed by atoms with E-state index >= 15 is 0 Å². The van der Waals surface area contributed by atoms with E-state index in [1.54, 1.807) is 7.05 Å². The van der Waals surface area contributed by atoms with Crippen molar-refractivity contribution in [2.75, 3.05) is 26.7 Å². The number of unbranched alkanes of at least 4 members (excludes halogenated alkanes) is 1. The molecule has 0 radical (unpaired) electrons. The number of nitriles is 1. The first-order chi connectivity index (χ1) is 8.52. The Bertz CT molecular complexity index is 385. The van der Waals surface area contributed by atoms with Gasteiger partial charge in [-0.05, 0) is 25.2 Å². The smallest absolute Gasteiger partial charge is 0.198 e. The van der Waals surface area contributed by atoms with Crippen LogP contribution in [-0.4, -0.2) is 43.7 Å². The van der Waals surface area contributed by atoms with Gasteiger partial charge < -0.3 is 0 Å². The van der Waals surface area contributed by atoms with Gasteiger partial charge in [0.25, 0.3) is 10.2 Å². The van der Waals surface area contributed by atoms with Crippen LogP contribution in [0.15, 0.2) is 0 Å². The normalized spacial score (nSPS) is 16.2. The maximum absolute atomic E-state index is 12.3. The van der Waals surface area contributed by atoms with Crippen molar-refractivity contribution in [3.05, 3.63) is 0 Å². The molecule has 18 heavy (non-hydrogen) atoms. The minimum absolute atomic E-state index is 0.258. The zero-order chi connectivity index (χ0) is 13.6. The van der Waals surface area contributed by atoms with Crippen LogP contribution >= 0.6 is 0 Å². The topological polar surface area (TPSA) is 64.4 Å². The molecule has 104 valence electrons. The summed E-state index contributed by atoms with van der Waals surface area (Å²) in [4.78, 5) is 0. The third-order valence-corrected chi connectivity index (χ3v) is 5.13. The lowest BCUT2D eigenvalue weighted by atomic mass is 10.3. The largest absolute Gasteiger partial charge is 0.281 e. The number of hydrogen-bond acceptors (Lipinski definition) is 3. The quantitative estimate of drug-likeness (QED) is 0.641. The maximum Gasteiger partial charge on any atom is 0.281 e. The Morgan fingerprint density at radius 3 is 2.50 bits per heavy atom. The van der Waals surface area contributed by atoms with E-state index in [0.29, 0.717) is 25.6 Å². The van der Waals surface area contributed by atoms with Crippen LogP contribution in [0.25, 0.3) is 0 Å². The monoisotopic (exact) mass is 273 g/mol. The highest BCUT2D eigenvalue weighted by Crippen LogP contribution is 2.30. The van der Waals surface area contributed by atoms with E-state index in [9.17, 15) is 8.42 Å². The van der Waals surface area contributed by atoms with E-state index in [1.807, 2.05) is 13.0 Å². The Balaban J connectivity index is 2.64. The van der Waals surface area contributed by atoms with E-state index in [1.165, 1.54) is 8.61 Å². The van der Waals surface area contributed by atoms with Crippen molar-refractivity contribution in [3.8, 4) is 6.07 Å². The Hall–Kier alpha value is -0.640. The average Bonchev–Trinajstić information content (AvgIpc) is 3.14. The molecule has 0 N–H and O–H groups in total. The molecule has 0 atom stereocenters. The lowest BCUT2D eigenvalue weighted by molar-refractivity contribution is 0.351. The molecule has 0 aromatic heterocycles. The van der Waals surface area contributed by atoms with Gasteiger partial charge in [-0.15, -0.1) is 0 Å². The van der Waals surface area contributed by atoms with Gasteiger partial charge in [0.15, 0.2) is 0 Å². The van der Waals surface area contributed by atoms with Crippen molar-refractivity contribution >= 4 is 10.2 Å². The molecule has 1 saturated carbocycles. The molecule has 1 fully saturated rings. The molecular weight excluding hydrogens is 250 g/mol. The summed E-state index contributed by atoms with van der Waals surface area (Å²) in [5.41, 5.74) is 0. The molecule has 0 heterocycles. The second-order valence-electron chi connectivity index (χ2n) is 4.89. The first kappa shape index (κ1) is 15.4. The summed E-state index contributed by atoms with van der Waals surface area (Å²) < 4.78 is 27.6. The van der Waals surface area contributed by atoms with E-state index in [2.05, 4.69) is 0 Å². The first-order valence-corrected chi connectivity index (χ1v) is 8.00. The summed E-state index contributed by atoms with van der Waals surface area (Å²) >= 11 is 0. The summed E-state index contributed by atoms with van der Waals surface area (Å²) in [5.74, 6) is 0.498. The summed E-state index contributed by atoms with van der Waals surface area (Å²) in [6, 6.07) is 2.02. The van der Waals surface area contributed by atoms with Crippen molar-refractivity contribution in [3.63, 3.8) is 0 Å². The zero-order valence-electron chi connectivity index (χ0n) is 11.3. The van der Waals surface area contributed by atoms with Gasteiger partial charge >= 0.3 is 0 Å². The highest BCUT2D eigenvalue weighted by atomic mass is 32.2. The van der Waals surface area contributed by atoms with Crippen LogP contribution in [0.5, 0.6) is 0 Å². The molecule has 5 nitrogen and oxygen atoms in total. The highest BCUT2D eigenvalue weighted by Gasteiger charge is 2.32. The molecule has 1 aliphatic carbocycles. The van der Waals surface area contributed by atoms with Crippen LogP contribution in [0.1, 0.15) is 39.0 Å². The van der Waals surface area contributed by atoms with Crippen LogP contribution in [0, 0.1) is 17.2 Å². The molecule has 0 amide bonds. The van der Waals surface area contributed by atoms with E-state index in [4.69, 9.17) is 5.26 Å². The Morgan fingerprint density at radius 1 is 1.33 bits per heavy atom. The third-order valence-electron chi connectivity index (χ3n) is 3.18. The first-order valence-electron chi connectivity index (χ1n) is 6.60. The Morgan fingerprint density at radius 2 is 2.00 bits per heavy atom. The molecule has 0 aliphatic heterocycles. The third kappa shape index (κ3) is 4.56. The molecule has 0 bridgehead atoms. The lowest BCUT2D eigenvalue weighted by Crippen LogP contribution is -2.43. The van der Waals surface area contributed by atoms with Crippen LogP contribution in [0.4, 0.5) is 0 Å². The molecule has 1 rings (SSSR count). The summed E-state index contributed by atoms with van der Waals surface area (Å²) in [7, 11) is -1.76. The van der Waals surface area contributed by atoms with Gasteiger partial charge in [-0.2, -0.15) is 22.3 Å². The van der Waals surface area contributed by atoms with Crippen molar-refractivity contribution in [1.82, 2.24) is 8.61 Å². The number of hydrogen-bond donors (Lipinski definition) is 0. The molecule has 6 heteroatoms. The molecule has 0 aromatic carbocycles. The lowest BCUT2D eigenvalue weighted by Gasteiger charge is -2.26. The van der Waals surface area contributed by atoms with Crippen LogP contribution in [0.2, 0.25) is 0 Å². The van der Waals surface area contributed by atoms with Crippen LogP contribution < -0.4 is 0 Å². The number of nitrogens with zero attached hydrogens (tertiary/aromatic N) is 3. The summed E-state index contributed by atoms with van der Waals surface area (Å²) in [5, 5.41) is 8.63. The van der Waals surface area contributed by atoms with Gasteiger partial charge in [-0.1, -0.05) is 13.3 Å². The highest BCUT2D eigenvalue weighted by molar-refractivity contribution is 7.86. The standard InChI is InChI=1S/C12H23N3O2S/c1-3-4-9-14(2)18(16,17)15(10-5-8-13)11-12-6-7-12/h12H,3-7,9-11H2,1-2H3. The fourth-order valence-electron chi connectivity index (χ4n) is 1.76. The molecule has 0 aromatic rings. The maximum atomic E-state index is 12.3. The average molecular weight is 273 g/mol. The van der Waals surface area contributed by atoms with Crippen molar-refractivity contribution in [1.29, 1.82) is 5.26 Å². The molecular formula is C12H23N3O2S. The van der Waals surface area contributed by atoms with Gasteiger partial charge in [0.2, 0.25) is 0 Å². The van der Waals surface area contributed by atoms with Gasteiger partial charge in [-0.25, -0.2) is 0 Å². The molecule has 1 aliphatic rings. The van der Waals surface area contributed by atoms with E-state index in [-0.39, 0.29) is 6.42 Å². The fraction of sp³-hybridized carbons (Fsp3) is 0.917. The predicted octanol–water partition coefficient (Wildman–Crippen LogP) is 1.59. The summed E-state index contributed by atoms with van der Waals surface area (Å²) in [6.07, 6.45) is 4.31. The second kappa shape index (κ2) is 7.07. The van der Waals surface area contributed by atoms with Crippen molar-refractivity contribution in [2.45, 2.75) is 39.0 Å². The van der Waals surface area contributed by atoms with Gasteiger partial charge in [0.05, 0.1) is 6.07 Å². The van der Waals surface area contributed by atoms with Gasteiger partial charge in [-0.3, -0.25) is 0 Å². The van der Waals surface area contributed by atoms with E-state index in [0.717, 1.165) is 25.7 Å². The fourth-order valence-corrected chi connectivity index (χ4v) is 3.23. The van der Waals surface area contributed by atoms with Crippen molar-refractivity contribution in [2.24, 2.45) is 5.92 Å². The molecule has 0 unspecified atom stereocenters. The minimum Gasteiger partial charge on any atom is -0.198 e. The Labute approximate surface area is 111 Å². The molecule has 0 spiro atoms. The van der Waals surface area contributed by atoms with Crippen molar-refractivity contribution < 1.29 is 8.42 Å². The van der Waals surface area contributed by atoms with Crippen LogP contribution in [-0.2, 0) is 10.2 Å². The number of rotatable bonds is 9. The SMILES string of the molecule is CCCCN(C)S(=O)(=O)N(CCC#N)CC1CC1. The Kier molecular flexibility index (Phi) is 6.06. The van der Waals surface area contributed by atoms with Gasteiger partial charge in [0, 0.05) is 33.1 Å². The molecule has 0 saturated heterocycles. The zero-order valence-corrected chi connectivity index (χ0v) is 12.1. The summed E-state index contributed by atoms with van der Waals surface area (Å²) in [6.45, 7) is 3.47. The van der Waals surface area contributed by atoms with Gasteiger partial charge in [0.1, 0.15) is 0 Å². The van der Waals surface area contributed by atoms with Crippen LogP contribution in [0.3, 0.4) is 0 Å². The predicted molar refractivity (Wildman–Crippen MR) is 71.0 cm³/mol. The second-order valence-corrected chi connectivity index (χ2v) is 6.93. The minimum atomic E-state index is -3.39.